The van der Waals surface area contributed by atoms with E-state index in [2.05, 4.69) is 45.3 Å². The van der Waals surface area contributed by atoms with Crippen LogP contribution in [0.5, 0.6) is 0 Å². The van der Waals surface area contributed by atoms with Gasteiger partial charge in [0.1, 0.15) is 5.82 Å². The first kappa shape index (κ1) is 11.2. The lowest BCUT2D eigenvalue weighted by Crippen LogP contribution is -2.03. The molecule has 2 nitrogen and oxygen atoms in total. The molecule has 0 saturated heterocycles. The zero-order valence-electron chi connectivity index (χ0n) is 8.55. The molecule has 1 aromatic heterocycles. The first-order chi connectivity index (χ1) is 6.75. The highest BCUT2D eigenvalue weighted by molar-refractivity contribution is 9.10. The van der Waals surface area contributed by atoms with Gasteiger partial charge in [-0.15, -0.1) is 0 Å². The molecule has 0 saturated carbocycles. The summed E-state index contributed by atoms with van der Waals surface area (Å²) < 4.78 is 1.06. The molecule has 1 N–H and O–H groups in total. The second-order valence-electron chi connectivity index (χ2n) is 3.07. The summed E-state index contributed by atoms with van der Waals surface area (Å²) in [6, 6.07) is 1.99. The highest BCUT2D eigenvalue weighted by Gasteiger charge is 2.01. The van der Waals surface area contributed by atoms with Gasteiger partial charge in [-0.2, -0.15) is 0 Å². The molecule has 0 fully saturated rings. The van der Waals surface area contributed by atoms with E-state index < -0.39 is 0 Å². The normalized spacial score (nSPS) is 10.8. The Balaban J connectivity index is 2.54. The van der Waals surface area contributed by atoms with Gasteiger partial charge in [0.25, 0.3) is 0 Å². The summed E-state index contributed by atoms with van der Waals surface area (Å²) in [4.78, 5) is 4.25. The number of anilines is 1. The van der Waals surface area contributed by atoms with Crippen molar-refractivity contribution in [2.75, 3.05) is 11.9 Å². The summed E-state index contributed by atoms with van der Waals surface area (Å²) in [5, 5.41) is 3.28. The number of aryl methyl sites for hydroxylation is 1. The number of pyridine rings is 1. The minimum Gasteiger partial charge on any atom is -0.369 e. The van der Waals surface area contributed by atoms with Crippen molar-refractivity contribution in [3.05, 3.63) is 34.5 Å². The van der Waals surface area contributed by atoms with Crippen LogP contribution >= 0.6 is 15.9 Å². The number of allylic oxidation sites excluding steroid dienone is 1. The lowest BCUT2D eigenvalue weighted by molar-refractivity contribution is 1.04. The number of nitrogens with zero attached hydrogens (tertiary/aromatic N) is 1. The molecule has 0 aliphatic carbocycles. The molecule has 0 aromatic carbocycles. The molecule has 0 radical (unpaired) electrons. The molecule has 14 heavy (non-hydrogen) atoms. The highest BCUT2D eigenvalue weighted by Crippen LogP contribution is 2.22. The average Bonchev–Trinajstić information content (AvgIpc) is 2.19. The van der Waals surface area contributed by atoms with Gasteiger partial charge in [0.15, 0.2) is 0 Å². The number of halogens is 1. The van der Waals surface area contributed by atoms with Gasteiger partial charge in [-0.05, 0) is 47.8 Å². The van der Waals surface area contributed by atoms with E-state index in [4.69, 9.17) is 0 Å². The molecule has 0 spiro atoms. The van der Waals surface area contributed by atoms with Gasteiger partial charge in [0, 0.05) is 12.7 Å². The largest absolute Gasteiger partial charge is 0.369 e. The number of hydrogen-bond acceptors (Lipinski definition) is 2. The monoisotopic (exact) mass is 254 g/mol. The second kappa shape index (κ2) is 5.81. The Morgan fingerprint density at radius 3 is 3.07 bits per heavy atom. The maximum atomic E-state index is 4.25. The van der Waals surface area contributed by atoms with E-state index in [1.807, 2.05) is 19.2 Å². The van der Waals surface area contributed by atoms with Crippen molar-refractivity contribution in [2.24, 2.45) is 0 Å². The van der Waals surface area contributed by atoms with Crippen molar-refractivity contribution in [2.45, 2.75) is 20.3 Å². The van der Waals surface area contributed by atoms with Gasteiger partial charge >= 0.3 is 0 Å². The summed E-state index contributed by atoms with van der Waals surface area (Å²) in [7, 11) is 0. The topological polar surface area (TPSA) is 24.9 Å². The van der Waals surface area contributed by atoms with Crippen LogP contribution in [0.15, 0.2) is 28.9 Å². The van der Waals surface area contributed by atoms with Crippen LogP contribution in [0, 0.1) is 6.92 Å². The molecule has 0 amide bonds. The minimum absolute atomic E-state index is 0.916. The number of nitrogens with one attached hydrogen (secondary N) is 1. The van der Waals surface area contributed by atoms with E-state index >= 15 is 0 Å². The first-order valence-electron chi connectivity index (χ1n) is 4.72. The van der Waals surface area contributed by atoms with Crippen LogP contribution < -0.4 is 5.32 Å². The van der Waals surface area contributed by atoms with Gasteiger partial charge in [0.2, 0.25) is 0 Å². The maximum absolute atomic E-state index is 4.25. The van der Waals surface area contributed by atoms with Gasteiger partial charge in [0.05, 0.1) is 4.47 Å². The SMILES string of the molecule is C/C=C/CCNc1nccc(C)c1Br. The smallest absolute Gasteiger partial charge is 0.140 e. The molecule has 0 atom stereocenters. The van der Waals surface area contributed by atoms with Crippen molar-refractivity contribution < 1.29 is 0 Å². The Labute approximate surface area is 93.6 Å². The zero-order valence-corrected chi connectivity index (χ0v) is 10.1. The van der Waals surface area contributed by atoms with E-state index in [-0.39, 0.29) is 0 Å². The van der Waals surface area contributed by atoms with Crippen LogP contribution in [0.3, 0.4) is 0 Å². The summed E-state index contributed by atoms with van der Waals surface area (Å²) in [6.07, 6.45) is 7.04. The van der Waals surface area contributed by atoms with Gasteiger partial charge in [-0.3, -0.25) is 0 Å². The number of aromatic nitrogens is 1. The Kier molecular flexibility index (Phi) is 4.66. The second-order valence-corrected chi connectivity index (χ2v) is 3.87. The van der Waals surface area contributed by atoms with E-state index in [1.165, 1.54) is 5.56 Å². The van der Waals surface area contributed by atoms with Crippen LogP contribution in [-0.2, 0) is 0 Å². The molecule has 76 valence electrons. The average molecular weight is 255 g/mol. The third kappa shape index (κ3) is 3.14. The molecular weight excluding hydrogens is 240 g/mol. The Morgan fingerprint density at radius 2 is 2.36 bits per heavy atom. The fourth-order valence-corrected chi connectivity index (χ4v) is 1.48. The quantitative estimate of drug-likeness (QED) is 0.657. The molecule has 0 unspecified atom stereocenters. The Bertz CT molecular complexity index is 321. The first-order valence-corrected chi connectivity index (χ1v) is 5.51. The fraction of sp³-hybridized carbons (Fsp3) is 0.364. The van der Waals surface area contributed by atoms with Crippen LogP contribution in [0.2, 0.25) is 0 Å². The van der Waals surface area contributed by atoms with Gasteiger partial charge < -0.3 is 5.32 Å². The van der Waals surface area contributed by atoms with Gasteiger partial charge in [-0.1, -0.05) is 12.2 Å². The van der Waals surface area contributed by atoms with Crippen molar-refractivity contribution in [3.8, 4) is 0 Å². The standard InChI is InChI=1S/C11H15BrN2/c1-3-4-5-7-13-11-10(12)9(2)6-8-14-11/h3-4,6,8H,5,7H2,1-2H3,(H,13,14)/b4-3+. The zero-order chi connectivity index (χ0) is 10.4. The van der Waals surface area contributed by atoms with E-state index in [0.29, 0.717) is 0 Å². The van der Waals surface area contributed by atoms with Crippen LogP contribution in [0.1, 0.15) is 18.9 Å². The van der Waals surface area contributed by atoms with Crippen molar-refractivity contribution in [1.29, 1.82) is 0 Å². The van der Waals surface area contributed by atoms with Gasteiger partial charge in [-0.25, -0.2) is 4.98 Å². The highest BCUT2D eigenvalue weighted by atomic mass is 79.9. The summed E-state index contributed by atoms with van der Waals surface area (Å²) in [5.41, 5.74) is 1.20. The predicted molar refractivity (Wildman–Crippen MR) is 64.6 cm³/mol. The molecular formula is C11H15BrN2. The van der Waals surface area contributed by atoms with Crippen molar-refractivity contribution in [1.82, 2.24) is 4.98 Å². The van der Waals surface area contributed by atoms with Crippen LogP contribution in [0.25, 0.3) is 0 Å². The number of rotatable bonds is 4. The van der Waals surface area contributed by atoms with Crippen LogP contribution in [-0.4, -0.2) is 11.5 Å². The van der Waals surface area contributed by atoms with E-state index in [9.17, 15) is 0 Å². The van der Waals surface area contributed by atoms with E-state index in [0.717, 1.165) is 23.3 Å². The maximum Gasteiger partial charge on any atom is 0.140 e. The van der Waals surface area contributed by atoms with Crippen molar-refractivity contribution in [3.63, 3.8) is 0 Å². The fourth-order valence-electron chi connectivity index (χ4n) is 1.10. The summed E-state index contributed by atoms with van der Waals surface area (Å²) in [5.74, 6) is 0.925. The molecule has 0 aliphatic heterocycles. The lowest BCUT2D eigenvalue weighted by atomic mass is 10.3. The summed E-state index contributed by atoms with van der Waals surface area (Å²) in [6.45, 7) is 5.00. The molecule has 0 aliphatic rings. The van der Waals surface area contributed by atoms with Crippen molar-refractivity contribution >= 4 is 21.7 Å². The molecule has 1 rings (SSSR count). The summed E-state index contributed by atoms with van der Waals surface area (Å²) >= 11 is 3.51. The Morgan fingerprint density at radius 1 is 1.57 bits per heavy atom. The molecule has 0 bridgehead atoms. The predicted octanol–water partition coefficient (Wildman–Crippen LogP) is 3.53. The molecule has 1 aromatic rings. The Hall–Kier alpha value is -0.830. The third-order valence-electron chi connectivity index (χ3n) is 1.92. The minimum atomic E-state index is 0.916. The molecule has 3 heteroatoms. The number of hydrogen-bond donors (Lipinski definition) is 1. The molecule has 1 heterocycles. The lowest BCUT2D eigenvalue weighted by Gasteiger charge is -2.07. The van der Waals surface area contributed by atoms with E-state index in [1.54, 1.807) is 0 Å². The third-order valence-corrected chi connectivity index (χ3v) is 2.92. The van der Waals surface area contributed by atoms with Crippen LogP contribution in [0.4, 0.5) is 5.82 Å².